The number of nitriles is 1. The van der Waals surface area contributed by atoms with Gasteiger partial charge < -0.3 is 9.13 Å². The van der Waals surface area contributed by atoms with Crippen LogP contribution in [0.4, 0.5) is 18.9 Å². The van der Waals surface area contributed by atoms with Crippen molar-refractivity contribution in [2.45, 2.75) is 20.0 Å². The van der Waals surface area contributed by atoms with Gasteiger partial charge in [0.05, 0.1) is 45.6 Å². The Hall–Kier alpha value is -7.87. The lowest BCUT2D eigenvalue weighted by molar-refractivity contribution is -0.137. The van der Waals surface area contributed by atoms with Crippen molar-refractivity contribution in [3.8, 4) is 50.8 Å². The van der Waals surface area contributed by atoms with E-state index in [9.17, 15) is 5.26 Å². The molecule has 10 aromatic rings. The Labute approximate surface area is 344 Å². The Morgan fingerprint density at radius 3 is 1.40 bits per heavy atom. The average molecular weight is 783 g/mol. The number of hydrogen-bond acceptors (Lipinski definition) is 1. The number of para-hydroxylation sites is 2. The maximum atomic E-state index is 15.0. The molecule has 0 atom stereocenters. The minimum Gasteiger partial charge on any atom is -0.308 e. The second kappa shape index (κ2) is 13.9. The Balaban J connectivity index is 1.33. The van der Waals surface area contributed by atoms with Gasteiger partial charge in [-0.05, 0) is 95.8 Å². The van der Waals surface area contributed by atoms with Crippen LogP contribution in [0.25, 0.3) is 93.2 Å². The summed E-state index contributed by atoms with van der Waals surface area (Å²) < 4.78 is 49.0. The Morgan fingerprint density at radius 1 is 0.500 bits per heavy atom. The highest BCUT2D eigenvalue weighted by Crippen LogP contribution is 2.46. The van der Waals surface area contributed by atoms with E-state index < -0.39 is 11.7 Å². The van der Waals surface area contributed by atoms with Crippen LogP contribution in [-0.4, -0.2) is 9.13 Å². The monoisotopic (exact) mass is 782 g/mol. The molecule has 0 saturated carbocycles. The molecule has 0 aliphatic rings. The van der Waals surface area contributed by atoms with Crippen molar-refractivity contribution in [3.05, 3.63) is 197 Å². The quantitative estimate of drug-likeness (QED) is 0.160. The molecule has 0 N–H and O–H groups in total. The van der Waals surface area contributed by atoms with Crippen molar-refractivity contribution in [3.63, 3.8) is 0 Å². The molecular weight excluding hydrogens is 750 g/mol. The summed E-state index contributed by atoms with van der Waals surface area (Å²) in [6.45, 7) is 12.1. The van der Waals surface area contributed by atoms with Crippen LogP contribution in [0.1, 0.15) is 22.3 Å². The number of rotatable bonds is 5. The number of halogens is 3. The maximum Gasteiger partial charge on any atom is 0.415 e. The predicted molar refractivity (Wildman–Crippen MR) is 237 cm³/mol. The summed E-state index contributed by atoms with van der Waals surface area (Å²) in [6, 6.07) is 54.2. The fraction of sp³-hybridized carbons (Fsp3) is 0.0566. The second-order valence-corrected chi connectivity index (χ2v) is 15.2. The van der Waals surface area contributed by atoms with Crippen LogP contribution >= 0.6 is 0 Å². The zero-order chi connectivity index (χ0) is 41.3. The van der Waals surface area contributed by atoms with Gasteiger partial charge in [-0.25, -0.2) is 4.85 Å². The van der Waals surface area contributed by atoms with Gasteiger partial charge in [0.25, 0.3) is 0 Å². The van der Waals surface area contributed by atoms with E-state index in [1.807, 2.05) is 95.8 Å². The van der Waals surface area contributed by atoms with Gasteiger partial charge in [-0.1, -0.05) is 126 Å². The third-order valence-electron chi connectivity index (χ3n) is 11.6. The van der Waals surface area contributed by atoms with Crippen LogP contribution in [0.3, 0.4) is 0 Å². The van der Waals surface area contributed by atoms with E-state index in [4.69, 9.17) is 6.57 Å². The number of benzene rings is 8. The molecule has 0 radical (unpaired) electrons. The first-order valence-corrected chi connectivity index (χ1v) is 19.5. The maximum absolute atomic E-state index is 15.0. The molecule has 60 heavy (non-hydrogen) atoms. The lowest BCUT2D eigenvalue weighted by atomic mass is 9.94. The van der Waals surface area contributed by atoms with E-state index in [0.29, 0.717) is 11.4 Å². The minimum absolute atomic E-state index is 0.138. The summed E-state index contributed by atoms with van der Waals surface area (Å²) in [5, 5.41) is 15.1. The van der Waals surface area contributed by atoms with Crippen molar-refractivity contribution in [2.24, 2.45) is 0 Å². The fourth-order valence-corrected chi connectivity index (χ4v) is 8.71. The number of nitrogens with zero attached hydrogens (tertiary/aromatic N) is 4. The summed E-state index contributed by atoms with van der Waals surface area (Å²) in [4.78, 5) is 3.61. The summed E-state index contributed by atoms with van der Waals surface area (Å²) in [5.41, 5.74) is 9.49. The number of aryl methyl sites for hydroxylation is 2. The van der Waals surface area contributed by atoms with E-state index in [-0.39, 0.29) is 22.4 Å². The predicted octanol–water partition coefficient (Wildman–Crippen LogP) is 14.9. The van der Waals surface area contributed by atoms with E-state index in [1.165, 1.54) is 12.1 Å². The Morgan fingerprint density at radius 2 is 0.950 bits per heavy atom. The topological polar surface area (TPSA) is 38.0 Å². The molecule has 0 saturated heterocycles. The van der Waals surface area contributed by atoms with Crippen molar-refractivity contribution in [1.29, 1.82) is 5.26 Å². The molecule has 7 heteroatoms. The molecule has 0 bridgehead atoms. The molecule has 8 aromatic carbocycles. The molecule has 0 aliphatic carbocycles. The highest BCUT2D eigenvalue weighted by Gasteiger charge is 2.35. The summed E-state index contributed by atoms with van der Waals surface area (Å²) in [7, 11) is 0. The second-order valence-electron chi connectivity index (χ2n) is 15.2. The van der Waals surface area contributed by atoms with E-state index in [2.05, 4.69) is 71.6 Å². The number of aromatic nitrogens is 2. The van der Waals surface area contributed by atoms with Crippen LogP contribution < -0.4 is 0 Å². The number of fused-ring (bicyclic) bond motifs is 6. The summed E-state index contributed by atoms with van der Waals surface area (Å²) >= 11 is 0. The molecule has 2 heterocycles. The number of hydrogen-bond donors (Lipinski definition) is 0. The number of alkyl halides is 3. The van der Waals surface area contributed by atoms with Crippen molar-refractivity contribution in [1.82, 2.24) is 9.13 Å². The zero-order valence-corrected chi connectivity index (χ0v) is 32.5. The highest BCUT2D eigenvalue weighted by molar-refractivity contribution is 6.12. The Bertz CT molecular complexity index is 3260. The van der Waals surface area contributed by atoms with Crippen molar-refractivity contribution in [2.75, 3.05) is 0 Å². The average Bonchev–Trinajstić information content (AvgIpc) is 3.78. The van der Waals surface area contributed by atoms with E-state index in [1.54, 1.807) is 12.1 Å². The summed E-state index contributed by atoms with van der Waals surface area (Å²) in [6.07, 6.45) is -4.76. The van der Waals surface area contributed by atoms with Gasteiger partial charge in [-0.3, -0.25) is 0 Å². The molecule has 0 fully saturated rings. The minimum atomic E-state index is -4.76. The fourth-order valence-electron chi connectivity index (χ4n) is 8.71. The standard InChI is InChI=1S/C53H33F3N4/c1-32-15-19-34(20-16-32)36-23-25-48-41(27-36)39-9-4-6-13-46(39)59(48)50-29-38(52-44(53(54,55)56)11-8-12-45(52)58-3)30-51(43(50)31-57)60-47-14-7-5-10-40(47)42-28-37(24-26-49(42)60)35-21-17-33(2)18-22-35/h4-30H,1-2H3. The van der Waals surface area contributed by atoms with Gasteiger partial charge >= 0.3 is 6.18 Å². The first-order valence-electron chi connectivity index (χ1n) is 19.5. The third kappa shape index (κ3) is 5.82. The van der Waals surface area contributed by atoms with Crippen LogP contribution in [0, 0.1) is 31.8 Å². The normalized spacial score (nSPS) is 11.7. The molecule has 4 nitrogen and oxygen atoms in total. The molecule has 0 amide bonds. The molecular formula is C53H33F3N4. The van der Waals surface area contributed by atoms with Gasteiger partial charge in [-0.2, -0.15) is 18.4 Å². The van der Waals surface area contributed by atoms with E-state index in [0.717, 1.165) is 83.1 Å². The van der Waals surface area contributed by atoms with Gasteiger partial charge in [0.2, 0.25) is 0 Å². The van der Waals surface area contributed by atoms with Gasteiger partial charge in [-0.15, -0.1) is 0 Å². The largest absolute Gasteiger partial charge is 0.415 e. The SMILES string of the molecule is [C-]#[N+]c1cccc(C(F)(F)F)c1-c1cc(-n2c3ccccc3c3cc(-c4ccc(C)cc4)ccc32)c(C#N)c(-n2c3ccccc3c3cc(-c4ccc(C)cc4)ccc32)c1. The molecule has 0 spiro atoms. The molecule has 10 rings (SSSR count). The van der Waals surface area contributed by atoms with Crippen LogP contribution in [0.2, 0.25) is 0 Å². The highest BCUT2D eigenvalue weighted by atomic mass is 19.4. The van der Waals surface area contributed by atoms with Crippen molar-refractivity contribution < 1.29 is 13.2 Å². The summed E-state index contributed by atoms with van der Waals surface area (Å²) in [5.74, 6) is 0. The van der Waals surface area contributed by atoms with Crippen LogP contribution in [0.15, 0.2) is 164 Å². The molecule has 0 aliphatic heterocycles. The van der Waals surface area contributed by atoms with Crippen molar-refractivity contribution >= 4 is 49.3 Å². The van der Waals surface area contributed by atoms with Crippen LogP contribution in [-0.2, 0) is 6.18 Å². The lowest BCUT2D eigenvalue weighted by Gasteiger charge is -2.21. The van der Waals surface area contributed by atoms with E-state index >= 15 is 13.2 Å². The molecule has 0 unspecified atom stereocenters. The first kappa shape index (κ1) is 36.5. The first-order chi connectivity index (χ1) is 29.1. The van der Waals surface area contributed by atoms with Gasteiger partial charge in [0.1, 0.15) is 11.6 Å². The smallest absolute Gasteiger partial charge is 0.308 e. The van der Waals surface area contributed by atoms with Crippen LogP contribution in [0.5, 0.6) is 0 Å². The third-order valence-corrected chi connectivity index (χ3v) is 11.6. The molecule has 2 aromatic heterocycles. The molecule has 286 valence electrons. The van der Waals surface area contributed by atoms with Gasteiger partial charge in [0, 0.05) is 21.5 Å². The lowest BCUT2D eigenvalue weighted by Crippen LogP contribution is -2.09. The zero-order valence-electron chi connectivity index (χ0n) is 32.5. The van der Waals surface area contributed by atoms with Gasteiger partial charge in [0.15, 0.2) is 5.69 Å². The Kier molecular flexibility index (Phi) is 8.45.